The maximum absolute atomic E-state index is 13.5. The highest BCUT2D eigenvalue weighted by molar-refractivity contribution is 7.89. The van der Waals surface area contributed by atoms with Crippen molar-refractivity contribution in [1.82, 2.24) is 13.9 Å². The number of carbonyl (C=O) groups is 1. The Kier molecular flexibility index (Phi) is 6.56. The Hall–Kier alpha value is -3.45. The largest absolute Gasteiger partial charge is 0.573 e. The number of nitrogens with zero attached hydrogens (tertiary/aromatic N) is 3. The van der Waals surface area contributed by atoms with Crippen LogP contribution in [0.5, 0.6) is 5.75 Å². The molecule has 0 saturated carbocycles. The van der Waals surface area contributed by atoms with E-state index >= 15 is 0 Å². The van der Waals surface area contributed by atoms with E-state index in [4.69, 9.17) is 0 Å². The number of imidazole rings is 1. The molecule has 1 amide bonds. The predicted octanol–water partition coefficient (Wildman–Crippen LogP) is 3.50. The summed E-state index contributed by atoms with van der Waals surface area (Å²) in [7, 11) is -2.42. The van der Waals surface area contributed by atoms with Gasteiger partial charge in [0.1, 0.15) is 11.6 Å². The molecule has 4 rings (SSSR count). The van der Waals surface area contributed by atoms with Crippen LogP contribution in [0.2, 0.25) is 0 Å². The molecule has 2 heterocycles. The number of alkyl halides is 3. The molecule has 0 aliphatic carbocycles. The van der Waals surface area contributed by atoms with E-state index in [-0.39, 0.29) is 23.8 Å². The topological polar surface area (TPSA) is 93.5 Å². The van der Waals surface area contributed by atoms with Gasteiger partial charge >= 0.3 is 6.36 Å². The fourth-order valence-corrected chi connectivity index (χ4v) is 5.40. The molecule has 1 N–H and O–H groups in total. The Morgan fingerprint density at radius 1 is 1.14 bits per heavy atom. The molecule has 0 radical (unpaired) electrons. The van der Waals surface area contributed by atoms with E-state index in [1.165, 1.54) is 53.5 Å². The third-order valence-electron chi connectivity index (χ3n) is 5.54. The van der Waals surface area contributed by atoms with Gasteiger partial charge in [0, 0.05) is 44.0 Å². The van der Waals surface area contributed by atoms with Crippen LogP contribution in [0.25, 0.3) is 0 Å². The maximum Gasteiger partial charge on any atom is 0.573 e. The summed E-state index contributed by atoms with van der Waals surface area (Å²) in [6.07, 6.45) is -2.23. The number of hydrogen-bond donors (Lipinski definition) is 1. The first-order valence-corrected chi connectivity index (χ1v) is 11.8. The summed E-state index contributed by atoms with van der Waals surface area (Å²) in [6, 6.07) is 10.1. The molecule has 1 fully saturated rings. The van der Waals surface area contributed by atoms with Crippen LogP contribution in [0.1, 0.15) is 11.5 Å². The molecule has 1 aromatic heterocycles. The molecule has 3 aromatic rings. The zero-order valence-electron chi connectivity index (χ0n) is 18.2. The molecule has 0 unspecified atom stereocenters. The number of aryl methyl sites for hydroxylation is 1. The molecule has 0 spiro atoms. The first-order chi connectivity index (χ1) is 16.4. The van der Waals surface area contributed by atoms with Gasteiger partial charge in [-0.25, -0.2) is 17.8 Å². The van der Waals surface area contributed by atoms with Crippen molar-refractivity contribution in [1.29, 1.82) is 0 Å². The summed E-state index contributed by atoms with van der Waals surface area (Å²) in [5.74, 6) is -3.17. The summed E-state index contributed by atoms with van der Waals surface area (Å²) in [6.45, 7) is -0.272. The zero-order chi connectivity index (χ0) is 25.4. The van der Waals surface area contributed by atoms with Crippen LogP contribution < -0.4 is 10.1 Å². The van der Waals surface area contributed by atoms with Crippen LogP contribution in [0.4, 0.5) is 23.2 Å². The fraction of sp³-hybridized carbons (Fsp3) is 0.273. The van der Waals surface area contributed by atoms with Gasteiger partial charge in [-0.3, -0.25) is 4.79 Å². The smallest absolute Gasteiger partial charge is 0.406 e. The van der Waals surface area contributed by atoms with E-state index in [2.05, 4.69) is 15.0 Å². The third kappa shape index (κ3) is 5.62. The number of carbonyl (C=O) groups excluding carboxylic acids is 1. The van der Waals surface area contributed by atoms with Gasteiger partial charge in [-0.2, -0.15) is 4.31 Å². The van der Waals surface area contributed by atoms with Crippen LogP contribution in [-0.4, -0.2) is 47.6 Å². The van der Waals surface area contributed by atoms with E-state index in [1.54, 1.807) is 7.05 Å². The molecule has 13 heteroatoms. The molecule has 1 saturated heterocycles. The van der Waals surface area contributed by atoms with Crippen LogP contribution in [0, 0.1) is 11.7 Å². The summed E-state index contributed by atoms with van der Waals surface area (Å²) < 4.78 is 83.8. The average molecular weight is 512 g/mol. The normalized spacial score (nSPS) is 19.0. The van der Waals surface area contributed by atoms with E-state index in [1.807, 2.05) is 0 Å². The number of amides is 1. The number of anilines is 1. The van der Waals surface area contributed by atoms with Crippen molar-refractivity contribution in [3.05, 3.63) is 72.4 Å². The van der Waals surface area contributed by atoms with Crippen molar-refractivity contribution in [3.8, 4) is 5.75 Å². The van der Waals surface area contributed by atoms with Crippen molar-refractivity contribution >= 4 is 21.6 Å². The Labute approximate surface area is 198 Å². The molecule has 2 atom stereocenters. The van der Waals surface area contributed by atoms with Gasteiger partial charge in [0.2, 0.25) is 5.91 Å². The van der Waals surface area contributed by atoms with Crippen LogP contribution in [-0.2, 0) is 21.9 Å². The highest BCUT2D eigenvalue weighted by Crippen LogP contribution is 2.36. The van der Waals surface area contributed by atoms with Gasteiger partial charge < -0.3 is 14.6 Å². The van der Waals surface area contributed by atoms with E-state index in [0.717, 1.165) is 16.4 Å². The molecule has 1 aliphatic heterocycles. The van der Waals surface area contributed by atoms with Crippen molar-refractivity contribution in [3.63, 3.8) is 0 Å². The molecule has 186 valence electrons. The summed E-state index contributed by atoms with van der Waals surface area (Å²) in [5, 5.41) is 2.35. The Morgan fingerprint density at radius 3 is 2.49 bits per heavy atom. The standard InChI is InChI=1S/C22H20F4N4O4S/c1-29-12-20(27-13-29)35(32,33)30-10-18(14-5-7-15(23)8-6-14)19(11-30)21(31)28-16-3-2-4-17(9-16)34-22(24,25)26/h2-9,12-13,18-19H,10-11H2,1H3,(H,28,31)/t18-,19+/m1/s1. The van der Waals surface area contributed by atoms with Crippen LogP contribution in [0.3, 0.4) is 0 Å². The molecular formula is C22H20F4N4O4S. The quantitative estimate of drug-likeness (QED) is 0.511. The highest BCUT2D eigenvalue weighted by atomic mass is 32.2. The number of ether oxygens (including phenoxy) is 1. The Morgan fingerprint density at radius 2 is 1.86 bits per heavy atom. The van der Waals surface area contributed by atoms with Gasteiger partial charge in [-0.1, -0.05) is 18.2 Å². The lowest BCUT2D eigenvalue weighted by atomic mass is 9.88. The molecule has 1 aliphatic rings. The molecular weight excluding hydrogens is 492 g/mol. The lowest BCUT2D eigenvalue weighted by Gasteiger charge is -2.19. The summed E-state index contributed by atoms with van der Waals surface area (Å²) >= 11 is 0. The van der Waals surface area contributed by atoms with Gasteiger partial charge in [0.05, 0.1) is 12.2 Å². The second kappa shape index (κ2) is 9.30. The number of nitrogens with one attached hydrogen (secondary N) is 1. The van der Waals surface area contributed by atoms with E-state index < -0.39 is 45.7 Å². The number of sulfonamides is 1. The monoisotopic (exact) mass is 512 g/mol. The zero-order valence-corrected chi connectivity index (χ0v) is 19.1. The Balaban J connectivity index is 1.61. The number of aromatic nitrogens is 2. The van der Waals surface area contributed by atoms with Crippen molar-refractivity contribution in [2.24, 2.45) is 13.0 Å². The lowest BCUT2D eigenvalue weighted by Crippen LogP contribution is -2.32. The van der Waals surface area contributed by atoms with Gasteiger partial charge in [-0.15, -0.1) is 13.2 Å². The van der Waals surface area contributed by atoms with Crippen LogP contribution >= 0.6 is 0 Å². The number of benzene rings is 2. The lowest BCUT2D eigenvalue weighted by molar-refractivity contribution is -0.274. The fourth-order valence-electron chi connectivity index (χ4n) is 3.94. The van der Waals surface area contributed by atoms with Gasteiger partial charge in [0.15, 0.2) is 5.03 Å². The average Bonchev–Trinajstić information content (AvgIpc) is 3.41. The van der Waals surface area contributed by atoms with E-state index in [0.29, 0.717) is 5.56 Å². The molecule has 35 heavy (non-hydrogen) atoms. The van der Waals surface area contributed by atoms with Crippen LogP contribution in [0.15, 0.2) is 66.1 Å². The first kappa shape index (κ1) is 24.7. The molecule has 0 bridgehead atoms. The first-order valence-electron chi connectivity index (χ1n) is 10.3. The maximum atomic E-state index is 13.5. The summed E-state index contributed by atoms with van der Waals surface area (Å²) in [4.78, 5) is 17.1. The number of halogens is 4. The van der Waals surface area contributed by atoms with Crippen molar-refractivity contribution in [2.75, 3.05) is 18.4 Å². The van der Waals surface area contributed by atoms with E-state index in [9.17, 15) is 30.8 Å². The summed E-state index contributed by atoms with van der Waals surface area (Å²) in [5.41, 5.74) is 0.583. The van der Waals surface area contributed by atoms with Crippen molar-refractivity contribution < 1.29 is 35.5 Å². The number of rotatable bonds is 6. The second-order valence-electron chi connectivity index (χ2n) is 8.03. The molecule has 2 aromatic carbocycles. The Bertz CT molecular complexity index is 1330. The third-order valence-corrected chi connectivity index (χ3v) is 7.26. The van der Waals surface area contributed by atoms with Gasteiger partial charge in [0.25, 0.3) is 10.0 Å². The minimum Gasteiger partial charge on any atom is -0.406 e. The molecule has 8 nitrogen and oxygen atoms in total. The number of hydrogen-bond acceptors (Lipinski definition) is 5. The second-order valence-corrected chi connectivity index (χ2v) is 9.91. The van der Waals surface area contributed by atoms with Crippen molar-refractivity contribution in [2.45, 2.75) is 17.3 Å². The SMILES string of the molecule is Cn1cnc(S(=O)(=O)N2C[C@H](C(=O)Nc3cccc(OC(F)(F)F)c3)[C@@H](c3ccc(F)cc3)C2)c1. The minimum absolute atomic E-state index is 0.0423. The highest BCUT2D eigenvalue weighted by Gasteiger charge is 2.44. The van der Waals surface area contributed by atoms with Gasteiger partial charge in [-0.05, 0) is 29.8 Å². The predicted molar refractivity (Wildman–Crippen MR) is 116 cm³/mol. The minimum atomic E-state index is -4.90.